The van der Waals surface area contributed by atoms with Gasteiger partial charge in [0.2, 0.25) is 0 Å². The topological polar surface area (TPSA) is 55.1 Å². The number of aliphatic carboxylic acids is 1. The van der Waals surface area contributed by atoms with Gasteiger partial charge in [0, 0.05) is 16.8 Å². The number of carbonyl (C=O) groups is 1. The number of rotatable bonds is 3. The van der Waals surface area contributed by atoms with Crippen LogP contribution in [-0.2, 0) is 4.79 Å². The van der Waals surface area contributed by atoms with Crippen LogP contribution in [0.4, 0.5) is 0 Å². The first-order valence-electron chi connectivity index (χ1n) is 6.59. The molecule has 4 nitrogen and oxygen atoms in total. The first-order valence-corrected chi connectivity index (χ1v) is 6.97. The lowest BCUT2D eigenvalue weighted by Gasteiger charge is -2.09. The molecule has 1 heterocycles. The number of benzene rings is 1. The van der Waals surface area contributed by atoms with Crippen molar-refractivity contribution in [3.8, 4) is 5.69 Å². The fraction of sp³-hybridized carbons (Fsp3) is 0.125. The van der Waals surface area contributed by atoms with Crippen LogP contribution >= 0.6 is 11.6 Å². The summed E-state index contributed by atoms with van der Waals surface area (Å²) in [6.07, 6.45) is 6.85. The third kappa shape index (κ3) is 2.90. The van der Waals surface area contributed by atoms with Gasteiger partial charge in [-0.2, -0.15) is 5.10 Å². The van der Waals surface area contributed by atoms with Gasteiger partial charge in [-0.15, -0.1) is 0 Å². The highest BCUT2D eigenvalue weighted by Gasteiger charge is 2.14. The summed E-state index contributed by atoms with van der Waals surface area (Å²) in [7, 11) is 0. The standard InChI is InChI=1S/C16H13ClN2O2/c17-13-4-6-14(7-5-13)19-9-8-15(18-19)11-2-1-3-12(10-11)16(20)21/h2,4-10H,1,3H2,(H,20,21). The maximum atomic E-state index is 11.1. The Balaban J connectivity index is 1.90. The van der Waals surface area contributed by atoms with Crippen molar-refractivity contribution in [1.29, 1.82) is 0 Å². The van der Waals surface area contributed by atoms with Gasteiger partial charge in [-0.3, -0.25) is 0 Å². The van der Waals surface area contributed by atoms with E-state index >= 15 is 0 Å². The number of hydrogen-bond acceptors (Lipinski definition) is 2. The predicted octanol–water partition coefficient (Wildman–Crippen LogP) is 3.71. The minimum atomic E-state index is -0.863. The molecule has 0 amide bonds. The van der Waals surface area contributed by atoms with Crippen LogP contribution in [0.5, 0.6) is 0 Å². The molecule has 0 saturated carbocycles. The largest absolute Gasteiger partial charge is 0.478 e. The van der Waals surface area contributed by atoms with Gasteiger partial charge >= 0.3 is 5.97 Å². The number of allylic oxidation sites excluding steroid dienone is 3. The average Bonchev–Trinajstić information content (AvgIpc) is 2.98. The molecule has 1 aromatic carbocycles. The second-order valence-corrected chi connectivity index (χ2v) is 5.23. The van der Waals surface area contributed by atoms with Crippen molar-refractivity contribution in [3.05, 3.63) is 65.0 Å². The molecular weight excluding hydrogens is 288 g/mol. The molecule has 3 rings (SSSR count). The van der Waals surface area contributed by atoms with E-state index in [0.717, 1.165) is 23.4 Å². The van der Waals surface area contributed by atoms with Gasteiger partial charge in [0.25, 0.3) is 0 Å². The quantitative estimate of drug-likeness (QED) is 0.940. The third-order valence-corrected chi connectivity index (χ3v) is 3.61. The van der Waals surface area contributed by atoms with Crippen LogP contribution in [0, 0.1) is 0 Å². The van der Waals surface area contributed by atoms with Gasteiger partial charge in [0.15, 0.2) is 0 Å². The molecule has 0 fully saturated rings. The van der Waals surface area contributed by atoms with Crippen molar-refractivity contribution in [2.24, 2.45) is 0 Å². The molecule has 1 aromatic heterocycles. The van der Waals surface area contributed by atoms with E-state index < -0.39 is 5.97 Å². The molecule has 5 heteroatoms. The Hall–Kier alpha value is -2.33. The average molecular weight is 301 g/mol. The van der Waals surface area contributed by atoms with Crippen LogP contribution in [-0.4, -0.2) is 20.9 Å². The Morgan fingerprint density at radius 2 is 2.00 bits per heavy atom. The SMILES string of the molecule is O=C(O)C1=CC(c2ccn(-c3ccc(Cl)cc3)n2)=CCC1. The Morgan fingerprint density at radius 3 is 2.71 bits per heavy atom. The van der Waals surface area contributed by atoms with Crippen LogP contribution < -0.4 is 0 Å². The normalized spacial score (nSPS) is 14.5. The zero-order valence-corrected chi connectivity index (χ0v) is 11.9. The van der Waals surface area contributed by atoms with Crippen LogP contribution in [0.1, 0.15) is 18.5 Å². The summed E-state index contributed by atoms with van der Waals surface area (Å²) in [6, 6.07) is 9.25. The van der Waals surface area contributed by atoms with Gasteiger partial charge in [0.1, 0.15) is 0 Å². The third-order valence-electron chi connectivity index (χ3n) is 3.36. The lowest BCUT2D eigenvalue weighted by atomic mass is 9.98. The second kappa shape index (κ2) is 5.58. The molecule has 1 N–H and O–H groups in total. The number of carboxylic acids is 1. The number of hydrogen-bond donors (Lipinski definition) is 1. The van der Waals surface area contributed by atoms with Crippen molar-refractivity contribution < 1.29 is 9.90 Å². The Labute approximate surface area is 127 Å². The molecule has 1 aliphatic rings. The lowest BCUT2D eigenvalue weighted by molar-refractivity contribution is -0.132. The molecule has 1 aliphatic carbocycles. The summed E-state index contributed by atoms with van der Waals surface area (Å²) in [5.41, 5.74) is 2.95. The highest BCUT2D eigenvalue weighted by atomic mass is 35.5. The first kappa shape index (κ1) is 13.6. The first-order chi connectivity index (χ1) is 10.1. The van der Waals surface area contributed by atoms with Gasteiger partial charge < -0.3 is 5.11 Å². The Bertz CT molecular complexity index is 742. The molecule has 0 bridgehead atoms. The molecule has 2 aromatic rings. The van der Waals surface area contributed by atoms with Crippen molar-refractivity contribution in [1.82, 2.24) is 9.78 Å². The van der Waals surface area contributed by atoms with E-state index in [4.69, 9.17) is 16.7 Å². The van der Waals surface area contributed by atoms with E-state index in [0.29, 0.717) is 17.0 Å². The summed E-state index contributed by atoms with van der Waals surface area (Å²) >= 11 is 5.87. The lowest BCUT2D eigenvalue weighted by Crippen LogP contribution is -2.04. The summed E-state index contributed by atoms with van der Waals surface area (Å²) in [4.78, 5) is 11.1. The van der Waals surface area contributed by atoms with Crippen molar-refractivity contribution in [2.45, 2.75) is 12.8 Å². The van der Waals surface area contributed by atoms with E-state index in [-0.39, 0.29) is 0 Å². The predicted molar refractivity (Wildman–Crippen MR) is 81.5 cm³/mol. The second-order valence-electron chi connectivity index (χ2n) is 4.79. The molecular formula is C16H13ClN2O2. The minimum Gasteiger partial charge on any atom is -0.478 e. The van der Waals surface area contributed by atoms with Crippen LogP contribution in [0.2, 0.25) is 5.02 Å². The van der Waals surface area contributed by atoms with Crippen LogP contribution in [0.3, 0.4) is 0 Å². The van der Waals surface area contributed by atoms with E-state index in [1.807, 2.05) is 30.5 Å². The van der Waals surface area contributed by atoms with E-state index in [1.54, 1.807) is 22.9 Å². The van der Waals surface area contributed by atoms with Gasteiger partial charge in [-0.05, 0) is 54.8 Å². The Kier molecular flexibility index (Phi) is 3.62. The maximum Gasteiger partial charge on any atom is 0.331 e. The van der Waals surface area contributed by atoms with E-state index in [9.17, 15) is 4.79 Å². The Morgan fingerprint density at radius 1 is 1.24 bits per heavy atom. The molecule has 106 valence electrons. The fourth-order valence-corrected chi connectivity index (χ4v) is 2.39. The number of halogens is 1. The zero-order valence-electron chi connectivity index (χ0n) is 11.2. The summed E-state index contributed by atoms with van der Waals surface area (Å²) in [6.45, 7) is 0. The van der Waals surface area contributed by atoms with Crippen LogP contribution in [0.25, 0.3) is 11.3 Å². The molecule has 0 atom stereocenters. The molecule has 0 unspecified atom stereocenters. The van der Waals surface area contributed by atoms with Crippen molar-refractivity contribution in [3.63, 3.8) is 0 Å². The van der Waals surface area contributed by atoms with Crippen molar-refractivity contribution in [2.75, 3.05) is 0 Å². The molecule has 0 radical (unpaired) electrons. The van der Waals surface area contributed by atoms with Gasteiger partial charge in [0.05, 0.1) is 11.4 Å². The van der Waals surface area contributed by atoms with Gasteiger partial charge in [-0.1, -0.05) is 17.7 Å². The number of carboxylic acid groups (broad SMARTS) is 1. The summed E-state index contributed by atoms with van der Waals surface area (Å²) in [5, 5.41) is 14.2. The fourth-order valence-electron chi connectivity index (χ4n) is 2.26. The van der Waals surface area contributed by atoms with Gasteiger partial charge in [-0.25, -0.2) is 9.48 Å². The number of nitrogens with zero attached hydrogens (tertiary/aromatic N) is 2. The van der Waals surface area contributed by atoms with E-state index in [1.165, 1.54) is 0 Å². The molecule has 0 aliphatic heterocycles. The minimum absolute atomic E-state index is 0.425. The highest BCUT2D eigenvalue weighted by Crippen LogP contribution is 2.25. The summed E-state index contributed by atoms with van der Waals surface area (Å²) in [5.74, 6) is -0.863. The summed E-state index contributed by atoms with van der Waals surface area (Å²) < 4.78 is 1.75. The van der Waals surface area contributed by atoms with Crippen LogP contribution in [0.15, 0.2) is 54.3 Å². The highest BCUT2D eigenvalue weighted by molar-refractivity contribution is 6.30. The molecule has 21 heavy (non-hydrogen) atoms. The smallest absolute Gasteiger partial charge is 0.331 e. The van der Waals surface area contributed by atoms with Crippen molar-refractivity contribution >= 4 is 23.1 Å². The van der Waals surface area contributed by atoms with E-state index in [2.05, 4.69) is 5.10 Å². The monoisotopic (exact) mass is 300 g/mol. The molecule has 0 saturated heterocycles. The zero-order chi connectivity index (χ0) is 14.8. The maximum absolute atomic E-state index is 11.1. The number of aromatic nitrogens is 2. The molecule has 0 spiro atoms.